The molecular formula is C18H21NO3. The first-order valence-electron chi connectivity index (χ1n) is 7.47. The molecule has 0 aliphatic rings. The molecule has 0 aliphatic heterocycles. The standard InChI is InChI=1S/C18H21NO3/c1-2-6-17(13-20)22-18(21)19-16-11-9-15(10-12-16)14-7-4-3-5-8-14/h3-5,7-12,17,20H,2,6,13H2,1H3,(H,19,21)/t17-/m1/s1. The third-order valence-electron chi connectivity index (χ3n) is 3.33. The highest BCUT2D eigenvalue weighted by atomic mass is 16.6. The topological polar surface area (TPSA) is 58.6 Å². The highest BCUT2D eigenvalue weighted by Crippen LogP contribution is 2.21. The zero-order chi connectivity index (χ0) is 15.8. The van der Waals surface area contributed by atoms with Crippen LogP contribution in [0.15, 0.2) is 54.6 Å². The Balaban J connectivity index is 1.95. The normalized spacial score (nSPS) is 11.7. The number of carbonyl (C=O) groups excluding carboxylic acids is 1. The second-order valence-corrected chi connectivity index (χ2v) is 5.07. The van der Waals surface area contributed by atoms with Crippen LogP contribution < -0.4 is 5.32 Å². The van der Waals surface area contributed by atoms with E-state index in [1.807, 2.05) is 61.5 Å². The number of nitrogens with one attached hydrogen (secondary N) is 1. The number of rotatable bonds is 6. The summed E-state index contributed by atoms with van der Waals surface area (Å²) in [7, 11) is 0. The van der Waals surface area contributed by atoms with Gasteiger partial charge in [-0.05, 0) is 29.7 Å². The van der Waals surface area contributed by atoms with Crippen molar-refractivity contribution in [3.05, 3.63) is 54.6 Å². The van der Waals surface area contributed by atoms with E-state index in [1.165, 1.54) is 0 Å². The molecule has 0 aromatic heterocycles. The lowest BCUT2D eigenvalue weighted by molar-refractivity contribution is 0.0611. The van der Waals surface area contributed by atoms with Crippen LogP contribution in [0.1, 0.15) is 19.8 Å². The monoisotopic (exact) mass is 299 g/mol. The van der Waals surface area contributed by atoms with Crippen LogP contribution in [-0.4, -0.2) is 23.9 Å². The minimum atomic E-state index is -0.542. The number of ether oxygens (including phenoxy) is 1. The molecule has 1 atom stereocenters. The van der Waals surface area contributed by atoms with E-state index in [1.54, 1.807) is 0 Å². The van der Waals surface area contributed by atoms with Gasteiger partial charge in [0.15, 0.2) is 0 Å². The second-order valence-electron chi connectivity index (χ2n) is 5.07. The zero-order valence-corrected chi connectivity index (χ0v) is 12.7. The fourth-order valence-electron chi connectivity index (χ4n) is 2.18. The van der Waals surface area contributed by atoms with Crippen molar-refractivity contribution in [2.75, 3.05) is 11.9 Å². The molecule has 0 saturated heterocycles. The maximum Gasteiger partial charge on any atom is 0.411 e. The van der Waals surface area contributed by atoms with Gasteiger partial charge in [-0.2, -0.15) is 0 Å². The number of benzene rings is 2. The van der Waals surface area contributed by atoms with Crippen LogP contribution in [0.4, 0.5) is 10.5 Å². The zero-order valence-electron chi connectivity index (χ0n) is 12.7. The fourth-order valence-corrected chi connectivity index (χ4v) is 2.18. The molecule has 1 amide bonds. The van der Waals surface area contributed by atoms with Gasteiger partial charge in [-0.3, -0.25) is 5.32 Å². The Morgan fingerprint density at radius 1 is 1.09 bits per heavy atom. The van der Waals surface area contributed by atoms with Crippen molar-refractivity contribution in [1.29, 1.82) is 0 Å². The van der Waals surface area contributed by atoms with E-state index >= 15 is 0 Å². The van der Waals surface area contributed by atoms with Crippen LogP contribution in [0.5, 0.6) is 0 Å². The Morgan fingerprint density at radius 3 is 2.32 bits per heavy atom. The average molecular weight is 299 g/mol. The maximum absolute atomic E-state index is 11.8. The number of hydrogen-bond acceptors (Lipinski definition) is 3. The van der Waals surface area contributed by atoms with E-state index in [0.29, 0.717) is 12.1 Å². The molecule has 4 heteroatoms. The lowest BCUT2D eigenvalue weighted by Gasteiger charge is -2.15. The van der Waals surface area contributed by atoms with Crippen LogP contribution in [0.25, 0.3) is 11.1 Å². The molecule has 2 rings (SSSR count). The summed E-state index contributed by atoms with van der Waals surface area (Å²) >= 11 is 0. The first kappa shape index (κ1) is 16.0. The smallest absolute Gasteiger partial charge is 0.411 e. The molecule has 0 unspecified atom stereocenters. The van der Waals surface area contributed by atoms with E-state index in [-0.39, 0.29) is 6.61 Å². The van der Waals surface area contributed by atoms with Gasteiger partial charge in [0.25, 0.3) is 0 Å². The summed E-state index contributed by atoms with van der Waals surface area (Å²) in [5.41, 5.74) is 2.87. The first-order valence-corrected chi connectivity index (χ1v) is 7.47. The van der Waals surface area contributed by atoms with Crippen molar-refractivity contribution in [2.45, 2.75) is 25.9 Å². The van der Waals surface area contributed by atoms with Crippen LogP contribution in [-0.2, 0) is 4.74 Å². The Labute approximate surface area is 130 Å². The maximum atomic E-state index is 11.8. The number of hydrogen-bond donors (Lipinski definition) is 2. The van der Waals surface area contributed by atoms with E-state index in [0.717, 1.165) is 17.5 Å². The van der Waals surface area contributed by atoms with Gasteiger partial charge < -0.3 is 9.84 Å². The van der Waals surface area contributed by atoms with Crippen molar-refractivity contribution in [2.24, 2.45) is 0 Å². The molecule has 0 spiro atoms. The van der Waals surface area contributed by atoms with Crippen molar-refractivity contribution < 1.29 is 14.6 Å². The molecule has 22 heavy (non-hydrogen) atoms. The SMILES string of the molecule is CCC[C@H](CO)OC(=O)Nc1ccc(-c2ccccc2)cc1. The van der Waals surface area contributed by atoms with Crippen molar-refractivity contribution >= 4 is 11.8 Å². The highest BCUT2D eigenvalue weighted by Gasteiger charge is 2.12. The molecule has 0 aliphatic carbocycles. The first-order chi connectivity index (χ1) is 10.7. The Hall–Kier alpha value is -2.33. The van der Waals surface area contributed by atoms with Crippen molar-refractivity contribution in [1.82, 2.24) is 0 Å². The number of aliphatic hydroxyl groups excluding tert-OH is 1. The van der Waals surface area contributed by atoms with E-state index in [9.17, 15) is 4.79 Å². The minimum Gasteiger partial charge on any atom is -0.444 e. The Kier molecular flexibility index (Phi) is 5.98. The number of aliphatic hydroxyl groups is 1. The number of amides is 1. The molecule has 0 saturated carbocycles. The molecule has 4 nitrogen and oxygen atoms in total. The molecule has 116 valence electrons. The number of carbonyl (C=O) groups is 1. The van der Waals surface area contributed by atoms with E-state index in [4.69, 9.17) is 9.84 Å². The van der Waals surface area contributed by atoms with Crippen molar-refractivity contribution in [3.63, 3.8) is 0 Å². The van der Waals surface area contributed by atoms with Crippen LogP contribution in [0, 0.1) is 0 Å². The summed E-state index contributed by atoms with van der Waals surface area (Å²) < 4.78 is 5.16. The summed E-state index contributed by atoms with van der Waals surface area (Å²) in [6, 6.07) is 17.6. The van der Waals surface area contributed by atoms with Crippen LogP contribution in [0.3, 0.4) is 0 Å². The third kappa shape index (κ3) is 4.60. The third-order valence-corrected chi connectivity index (χ3v) is 3.33. The molecule has 0 heterocycles. The molecule has 0 radical (unpaired) electrons. The Bertz CT molecular complexity index is 581. The summed E-state index contributed by atoms with van der Waals surface area (Å²) in [5, 5.41) is 11.8. The van der Waals surface area contributed by atoms with Crippen molar-refractivity contribution in [3.8, 4) is 11.1 Å². The molecular weight excluding hydrogens is 278 g/mol. The molecule has 2 aromatic carbocycles. The van der Waals surface area contributed by atoms with E-state index in [2.05, 4.69) is 5.32 Å². The lowest BCUT2D eigenvalue weighted by atomic mass is 10.1. The van der Waals surface area contributed by atoms with Gasteiger partial charge in [-0.1, -0.05) is 55.8 Å². The van der Waals surface area contributed by atoms with Gasteiger partial charge in [0.2, 0.25) is 0 Å². The van der Waals surface area contributed by atoms with Gasteiger partial charge in [0.1, 0.15) is 6.10 Å². The van der Waals surface area contributed by atoms with E-state index < -0.39 is 12.2 Å². The lowest BCUT2D eigenvalue weighted by Crippen LogP contribution is -2.25. The van der Waals surface area contributed by atoms with Crippen LogP contribution in [0.2, 0.25) is 0 Å². The molecule has 2 N–H and O–H groups in total. The Morgan fingerprint density at radius 2 is 1.73 bits per heavy atom. The van der Waals surface area contributed by atoms with Gasteiger partial charge in [0.05, 0.1) is 6.61 Å². The van der Waals surface area contributed by atoms with Crippen LogP contribution >= 0.6 is 0 Å². The summed E-state index contributed by atoms with van der Waals surface area (Å²) in [6.07, 6.45) is 0.509. The van der Waals surface area contributed by atoms with Gasteiger partial charge in [-0.25, -0.2) is 4.79 Å². The predicted molar refractivity (Wildman–Crippen MR) is 87.8 cm³/mol. The summed E-state index contributed by atoms with van der Waals surface area (Å²) in [6.45, 7) is 1.82. The molecule has 0 fully saturated rings. The minimum absolute atomic E-state index is 0.159. The van der Waals surface area contributed by atoms with Gasteiger partial charge in [0, 0.05) is 5.69 Å². The van der Waals surface area contributed by atoms with Gasteiger partial charge in [-0.15, -0.1) is 0 Å². The molecule has 2 aromatic rings. The second kappa shape index (κ2) is 8.20. The largest absolute Gasteiger partial charge is 0.444 e. The predicted octanol–water partition coefficient (Wildman–Crippen LogP) is 4.06. The average Bonchev–Trinajstić information content (AvgIpc) is 2.56. The summed E-state index contributed by atoms with van der Waals surface area (Å²) in [5.74, 6) is 0. The fraction of sp³-hybridized carbons (Fsp3) is 0.278. The quantitative estimate of drug-likeness (QED) is 0.845. The molecule has 0 bridgehead atoms. The highest BCUT2D eigenvalue weighted by molar-refractivity contribution is 5.85. The summed E-state index contributed by atoms with van der Waals surface area (Å²) in [4.78, 5) is 11.8. The number of anilines is 1. The van der Waals surface area contributed by atoms with Gasteiger partial charge >= 0.3 is 6.09 Å².